The highest BCUT2D eigenvalue weighted by Gasteiger charge is 2.30. The van der Waals surface area contributed by atoms with Gasteiger partial charge in [0.15, 0.2) is 5.78 Å². The van der Waals surface area contributed by atoms with Crippen LogP contribution in [0, 0.1) is 5.41 Å². The zero-order chi connectivity index (χ0) is 13.1. The SMILES string of the molecule is CC1=CCC=C(C(C)(C)C(=O)CN(C)C)C=C1. The molecule has 0 bridgehead atoms. The van der Waals surface area contributed by atoms with Crippen molar-refractivity contribution in [2.75, 3.05) is 20.6 Å². The van der Waals surface area contributed by atoms with Crippen molar-refractivity contribution in [3.8, 4) is 0 Å². The first kappa shape index (κ1) is 13.9. The van der Waals surface area contributed by atoms with Crippen LogP contribution >= 0.6 is 0 Å². The minimum absolute atomic E-state index is 0.262. The zero-order valence-corrected chi connectivity index (χ0v) is 11.6. The first-order valence-corrected chi connectivity index (χ1v) is 6.07. The summed E-state index contributed by atoms with van der Waals surface area (Å²) in [5, 5.41) is 0. The van der Waals surface area contributed by atoms with Crippen LogP contribution in [0.2, 0.25) is 0 Å². The summed E-state index contributed by atoms with van der Waals surface area (Å²) in [5.74, 6) is 0.262. The number of allylic oxidation sites excluding steroid dienone is 6. The third-order valence-electron chi connectivity index (χ3n) is 3.18. The summed E-state index contributed by atoms with van der Waals surface area (Å²) in [6, 6.07) is 0. The summed E-state index contributed by atoms with van der Waals surface area (Å²) in [5.41, 5.74) is 1.98. The summed E-state index contributed by atoms with van der Waals surface area (Å²) in [6.07, 6.45) is 9.40. The molecular formula is C15H23NO. The molecule has 1 rings (SSSR count). The van der Waals surface area contributed by atoms with Gasteiger partial charge in [0.2, 0.25) is 0 Å². The lowest BCUT2D eigenvalue weighted by Crippen LogP contribution is -2.34. The van der Waals surface area contributed by atoms with E-state index >= 15 is 0 Å². The van der Waals surface area contributed by atoms with Crippen molar-refractivity contribution in [3.63, 3.8) is 0 Å². The van der Waals surface area contributed by atoms with E-state index < -0.39 is 5.41 Å². The average molecular weight is 233 g/mol. The van der Waals surface area contributed by atoms with Crippen LogP contribution in [0.15, 0.2) is 35.5 Å². The molecule has 0 aromatic heterocycles. The Hall–Kier alpha value is -1.15. The van der Waals surface area contributed by atoms with E-state index in [1.54, 1.807) is 0 Å². The van der Waals surface area contributed by atoms with Crippen LogP contribution in [0.5, 0.6) is 0 Å². The molecule has 0 aromatic rings. The van der Waals surface area contributed by atoms with Gasteiger partial charge in [0, 0.05) is 5.41 Å². The number of likely N-dealkylation sites (N-methyl/N-ethyl adjacent to an activating group) is 1. The first-order chi connectivity index (χ1) is 7.84. The molecule has 17 heavy (non-hydrogen) atoms. The van der Waals surface area contributed by atoms with E-state index in [1.165, 1.54) is 5.57 Å². The van der Waals surface area contributed by atoms with Gasteiger partial charge in [-0.05, 0) is 46.9 Å². The quantitative estimate of drug-likeness (QED) is 0.744. The molecule has 0 amide bonds. The molecule has 0 aliphatic heterocycles. The van der Waals surface area contributed by atoms with Crippen molar-refractivity contribution < 1.29 is 4.79 Å². The van der Waals surface area contributed by atoms with Gasteiger partial charge in [-0.1, -0.05) is 29.9 Å². The summed E-state index contributed by atoms with van der Waals surface area (Å²) >= 11 is 0. The Bertz CT molecular complexity index is 384. The van der Waals surface area contributed by atoms with Gasteiger partial charge in [0.1, 0.15) is 0 Å². The summed E-state index contributed by atoms with van der Waals surface area (Å²) < 4.78 is 0. The van der Waals surface area contributed by atoms with Crippen LogP contribution < -0.4 is 0 Å². The highest BCUT2D eigenvalue weighted by Crippen LogP contribution is 2.30. The number of hydrogen-bond donors (Lipinski definition) is 0. The average Bonchev–Trinajstić information content (AvgIpc) is 2.42. The number of carbonyl (C=O) groups is 1. The van der Waals surface area contributed by atoms with Gasteiger partial charge in [0.05, 0.1) is 6.54 Å². The van der Waals surface area contributed by atoms with Crippen LogP contribution in [-0.2, 0) is 4.79 Å². The molecule has 2 heteroatoms. The van der Waals surface area contributed by atoms with Crippen molar-refractivity contribution in [2.45, 2.75) is 27.2 Å². The fourth-order valence-corrected chi connectivity index (χ4v) is 1.84. The molecule has 0 spiro atoms. The van der Waals surface area contributed by atoms with Gasteiger partial charge in [-0.3, -0.25) is 4.79 Å². The van der Waals surface area contributed by atoms with Crippen LogP contribution in [0.1, 0.15) is 27.2 Å². The van der Waals surface area contributed by atoms with Crippen molar-refractivity contribution in [1.82, 2.24) is 4.90 Å². The molecular weight excluding hydrogens is 210 g/mol. The number of rotatable bonds is 4. The Morgan fingerprint density at radius 2 is 1.94 bits per heavy atom. The molecule has 0 unspecified atom stereocenters. The molecule has 94 valence electrons. The third kappa shape index (κ3) is 3.67. The topological polar surface area (TPSA) is 20.3 Å². The van der Waals surface area contributed by atoms with Crippen LogP contribution in [-0.4, -0.2) is 31.3 Å². The Labute approximate surface area is 105 Å². The Kier molecular flexibility index (Phi) is 4.47. The second-order valence-corrected chi connectivity index (χ2v) is 5.46. The predicted octanol–water partition coefficient (Wildman–Crippen LogP) is 2.98. The smallest absolute Gasteiger partial charge is 0.156 e. The zero-order valence-electron chi connectivity index (χ0n) is 11.6. The van der Waals surface area contributed by atoms with Crippen molar-refractivity contribution in [3.05, 3.63) is 35.5 Å². The Morgan fingerprint density at radius 3 is 2.53 bits per heavy atom. The van der Waals surface area contributed by atoms with E-state index in [-0.39, 0.29) is 5.78 Å². The molecule has 1 aliphatic rings. The van der Waals surface area contributed by atoms with Gasteiger partial charge < -0.3 is 4.90 Å². The number of Topliss-reactive ketones (excluding diaryl/α,β-unsaturated/α-hetero) is 1. The maximum absolute atomic E-state index is 12.2. The Balaban J connectivity index is 2.87. The second-order valence-electron chi connectivity index (χ2n) is 5.46. The molecule has 0 radical (unpaired) electrons. The Morgan fingerprint density at radius 1 is 1.29 bits per heavy atom. The van der Waals surface area contributed by atoms with Gasteiger partial charge in [-0.25, -0.2) is 0 Å². The maximum Gasteiger partial charge on any atom is 0.156 e. The third-order valence-corrected chi connectivity index (χ3v) is 3.18. The molecule has 2 nitrogen and oxygen atoms in total. The van der Waals surface area contributed by atoms with Crippen molar-refractivity contribution >= 4 is 5.78 Å². The standard InChI is InChI=1S/C15H23NO/c1-12-7-6-8-13(10-9-12)15(2,3)14(17)11-16(4)5/h7-10H,6,11H2,1-5H3. The van der Waals surface area contributed by atoms with Gasteiger partial charge in [-0.2, -0.15) is 0 Å². The van der Waals surface area contributed by atoms with Crippen LogP contribution in [0.4, 0.5) is 0 Å². The van der Waals surface area contributed by atoms with E-state index in [9.17, 15) is 4.79 Å². The highest BCUT2D eigenvalue weighted by molar-refractivity contribution is 5.89. The summed E-state index contributed by atoms with van der Waals surface area (Å²) in [4.78, 5) is 14.2. The normalized spacial score (nSPS) is 16.6. The maximum atomic E-state index is 12.2. The van der Waals surface area contributed by atoms with E-state index in [0.717, 1.165) is 12.0 Å². The molecule has 0 heterocycles. The van der Waals surface area contributed by atoms with Gasteiger partial charge in [0.25, 0.3) is 0 Å². The molecule has 0 N–H and O–H groups in total. The highest BCUT2D eigenvalue weighted by atomic mass is 16.1. The van der Waals surface area contributed by atoms with Gasteiger partial charge in [-0.15, -0.1) is 0 Å². The van der Waals surface area contributed by atoms with Crippen molar-refractivity contribution in [1.29, 1.82) is 0 Å². The molecule has 0 aromatic carbocycles. The van der Waals surface area contributed by atoms with E-state index in [2.05, 4.69) is 31.2 Å². The molecule has 0 fully saturated rings. The number of carbonyl (C=O) groups excluding carboxylic acids is 1. The van der Waals surface area contributed by atoms with E-state index in [0.29, 0.717) is 6.54 Å². The lowest BCUT2D eigenvalue weighted by atomic mass is 9.79. The molecule has 0 saturated carbocycles. The number of hydrogen-bond acceptors (Lipinski definition) is 2. The summed E-state index contributed by atoms with van der Waals surface area (Å²) in [7, 11) is 3.86. The van der Waals surface area contributed by atoms with Gasteiger partial charge >= 0.3 is 0 Å². The molecule has 0 atom stereocenters. The number of nitrogens with zero attached hydrogens (tertiary/aromatic N) is 1. The fourth-order valence-electron chi connectivity index (χ4n) is 1.84. The van der Waals surface area contributed by atoms with E-state index in [4.69, 9.17) is 0 Å². The van der Waals surface area contributed by atoms with Crippen molar-refractivity contribution in [2.24, 2.45) is 5.41 Å². The molecule has 0 saturated heterocycles. The first-order valence-electron chi connectivity index (χ1n) is 6.07. The lowest BCUT2D eigenvalue weighted by Gasteiger charge is -2.26. The number of ketones is 1. The minimum atomic E-state index is -0.404. The van der Waals surface area contributed by atoms with Crippen LogP contribution in [0.25, 0.3) is 0 Å². The second kappa shape index (κ2) is 5.46. The fraction of sp³-hybridized carbons (Fsp3) is 0.533. The van der Waals surface area contributed by atoms with Crippen LogP contribution in [0.3, 0.4) is 0 Å². The predicted molar refractivity (Wildman–Crippen MR) is 72.9 cm³/mol. The minimum Gasteiger partial charge on any atom is -0.302 e. The largest absolute Gasteiger partial charge is 0.302 e. The summed E-state index contributed by atoms with van der Waals surface area (Å²) in [6.45, 7) is 6.60. The van der Waals surface area contributed by atoms with E-state index in [1.807, 2.05) is 32.8 Å². The molecule has 1 aliphatic carbocycles. The monoisotopic (exact) mass is 233 g/mol. The lowest BCUT2D eigenvalue weighted by molar-refractivity contribution is -0.125.